The SMILES string of the molecule is O=C(O)C(F)(F)F.O=C(O)c1ccc[nH]c1=O. The van der Waals surface area contributed by atoms with E-state index < -0.39 is 23.7 Å². The van der Waals surface area contributed by atoms with E-state index in [9.17, 15) is 22.8 Å². The number of hydrogen-bond acceptors (Lipinski definition) is 3. The third-order valence-electron chi connectivity index (χ3n) is 1.29. The Morgan fingerprint density at radius 2 is 1.71 bits per heavy atom. The molecule has 0 aliphatic heterocycles. The van der Waals surface area contributed by atoms with E-state index >= 15 is 0 Å². The molecular weight excluding hydrogens is 247 g/mol. The quantitative estimate of drug-likeness (QED) is 0.683. The topological polar surface area (TPSA) is 107 Å². The number of pyridine rings is 1. The molecule has 0 fully saturated rings. The normalized spacial score (nSPS) is 10.1. The van der Waals surface area contributed by atoms with Crippen molar-refractivity contribution in [3.8, 4) is 0 Å². The summed E-state index contributed by atoms with van der Waals surface area (Å²) in [6, 6.07) is 2.71. The van der Waals surface area contributed by atoms with Gasteiger partial charge in [-0.25, -0.2) is 9.59 Å². The summed E-state index contributed by atoms with van der Waals surface area (Å²) in [6.07, 6.45) is -3.70. The average Bonchev–Trinajstić information content (AvgIpc) is 2.17. The maximum atomic E-state index is 10.6. The summed E-state index contributed by atoms with van der Waals surface area (Å²) in [6.45, 7) is 0. The number of alkyl halides is 3. The molecule has 0 radical (unpaired) electrons. The number of aromatic carboxylic acids is 1. The fourth-order valence-electron chi connectivity index (χ4n) is 0.590. The van der Waals surface area contributed by atoms with Crippen LogP contribution in [0.15, 0.2) is 23.1 Å². The fourth-order valence-corrected chi connectivity index (χ4v) is 0.590. The number of rotatable bonds is 1. The van der Waals surface area contributed by atoms with E-state index in [4.69, 9.17) is 15.0 Å². The minimum absolute atomic E-state index is 0.234. The summed E-state index contributed by atoms with van der Waals surface area (Å²) in [5.41, 5.74) is -0.808. The van der Waals surface area contributed by atoms with Gasteiger partial charge in [0.1, 0.15) is 5.56 Å². The van der Waals surface area contributed by atoms with E-state index in [2.05, 4.69) is 4.98 Å². The first-order chi connectivity index (χ1) is 7.66. The van der Waals surface area contributed by atoms with Gasteiger partial charge in [0, 0.05) is 6.20 Å². The summed E-state index contributed by atoms with van der Waals surface area (Å²) in [5.74, 6) is -3.96. The van der Waals surface area contributed by atoms with Gasteiger partial charge in [0.05, 0.1) is 0 Å². The van der Waals surface area contributed by atoms with Gasteiger partial charge in [-0.05, 0) is 12.1 Å². The number of carboxylic acids is 2. The van der Waals surface area contributed by atoms with Crippen molar-refractivity contribution in [1.82, 2.24) is 4.98 Å². The van der Waals surface area contributed by atoms with Crippen molar-refractivity contribution in [1.29, 1.82) is 0 Å². The van der Waals surface area contributed by atoms with Gasteiger partial charge in [0.15, 0.2) is 0 Å². The standard InChI is InChI=1S/C6H5NO3.C2HF3O2/c8-5-4(6(9)10)2-1-3-7-5;3-2(4,5)1(6)7/h1-3H,(H,7,8)(H,9,10);(H,6,7). The second kappa shape index (κ2) is 5.68. The number of halogens is 3. The molecule has 17 heavy (non-hydrogen) atoms. The first-order valence-corrected chi connectivity index (χ1v) is 3.87. The number of aromatic amines is 1. The number of H-pyrrole nitrogens is 1. The highest BCUT2D eigenvalue weighted by Gasteiger charge is 2.38. The first kappa shape index (κ1) is 14.7. The molecule has 0 bridgehead atoms. The van der Waals surface area contributed by atoms with Crippen LogP contribution in [0.2, 0.25) is 0 Å². The van der Waals surface area contributed by atoms with E-state index in [1.165, 1.54) is 18.3 Å². The zero-order valence-corrected chi connectivity index (χ0v) is 7.99. The molecule has 1 aromatic rings. The Morgan fingerprint density at radius 3 is 1.94 bits per heavy atom. The fraction of sp³-hybridized carbons (Fsp3) is 0.125. The Bertz CT molecular complexity index is 465. The van der Waals surface area contributed by atoms with Gasteiger partial charge in [-0.3, -0.25) is 4.79 Å². The van der Waals surface area contributed by atoms with Crippen molar-refractivity contribution in [2.45, 2.75) is 6.18 Å². The van der Waals surface area contributed by atoms with Crippen LogP contribution in [-0.2, 0) is 4.79 Å². The molecule has 94 valence electrons. The van der Waals surface area contributed by atoms with Crippen LogP contribution in [-0.4, -0.2) is 33.3 Å². The number of hydrogen-bond donors (Lipinski definition) is 3. The Morgan fingerprint density at radius 1 is 1.24 bits per heavy atom. The smallest absolute Gasteiger partial charge is 0.477 e. The molecule has 0 saturated heterocycles. The summed E-state index contributed by atoms with van der Waals surface area (Å²) in [4.78, 5) is 32.0. The molecule has 1 heterocycles. The highest BCUT2D eigenvalue weighted by molar-refractivity contribution is 5.86. The molecule has 0 aliphatic carbocycles. The summed E-state index contributed by atoms with van der Waals surface area (Å²) < 4.78 is 31.7. The molecular formula is C8H6F3NO5. The van der Waals surface area contributed by atoms with Crippen LogP contribution in [0.1, 0.15) is 10.4 Å². The van der Waals surface area contributed by atoms with Crippen LogP contribution in [0, 0.1) is 0 Å². The summed E-state index contributed by atoms with van der Waals surface area (Å²) in [7, 11) is 0. The van der Waals surface area contributed by atoms with Crippen LogP contribution in [0.4, 0.5) is 13.2 Å². The summed E-state index contributed by atoms with van der Waals surface area (Å²) >= 11 is 0. The van der Waals surface area contributed by atoms with Gasteiger partial charge in [0.2, 0.25) is 0 Å². The van der Waals surface area contributed by atoms with Crippen molar-refractivity contribution >= 4 is 11.9 Å². The third-order valence-corrected chi connectivity index (χ3v) is 1.29. The molecule has 6 nitrogen and oxygen atoms in total. The molecule has 0 saturated carbocycles. The molecule has 0 aliphatic rings. The minimum atomic E-state index is -5.08. The largest absolute Gasteiger partial charge is 0.490 e. The number of aromatic nitrogens is 1. The van der Waals surface area contributed by atoms with Crippen LogP contribution in [0.25, 0.3) is 0 Å². The van der Waals surface area contributed by atoms with Crippen molar-refractivity contribution in [3.63, 3.8) is 0 Å². The zero-order chi connectivity index (χ0) is 13.6. The van der Waals surface area contributed by atoms with Gasteiger partial charge in [0.25, 0.3) is 5.56 Å². The van der Waals surface area contributed by atoms with Crippen molar-refractivity contribution in [2.75, 3.05) is 0 Å². The van der Waals surface area contributed by atoms with Gasteiger partial charge >= 0.3 is 18.1 Å². The number of carbonyl (C=O) groups is 2. The number of aliphatic carboxylic acids is 1. The second-order valence-electron chi connectivity index (χ2n) is 2.52. The van der Waals surface area contributed by atoms with Gasteiger partial charge < -0.3 is 15.2 Å². The van der Waals surface area contributed by atoms with Crippen molar-refractivity contribution in [3.05, 3.63) is 34.2 Å². The van der Waals surface area contributed by atoms with Crippen LogP contribution in [0.5, 0.6) is 0 Å². The summed E-state index contributed by atoms with van der Waals surface area (Å²) in [5, 5.41) is 15.5. The van der Waals surface area contributed by atoms with Crippen LogP contribution >= 0.6 is 0 Å². The van der Waals surface area contributed by atoms with Gasteiger partial charge in [-0.15, -0.1) is 0 Å². The lowest BCUT2D eigenvalue weighted by Crippen LogP contribution is -2.21. The van der Waals surface area contributed by atoms with Gasteiger partial charge in [-0.2, -0.15) is 13.2 Å². The van der Waals surface area contributed by atoms with E-state index in [1.54, 1.807) is 0 Å². The Hall–Kier alpha value is -2.32. The highest BCUT2D eigenvalue weighted by atomic mass is 19.4. The van der Waals surface area contributed by atoms with E-state index in [1.807, 2.05) is 0 Å². The molecule has 0 unspecified atom stereocenters. The molecule has 1 aromatic heterocycles. The Labute approximate surface area is 91.3 Å². The lowest BCUT2D eigenvalue weighted by Gasteiger charge is -1.93. The lowest BCUT2D eigenvalue weighted by molar-refractivity contribution is -0.192. The Balaban J connectivity index is 0.000000325. The molecule has 1 rings (SSSR count). The van der Waals surface area contributed by atoms with Crippen LogP contribution in [0.3, 0.4) is 0 Å². The number of nitrogens with one attached hydrogen (secondary N) is 1. The van der Waals surface area contributed by atoms with Gasteiger partial charge in [-0.1, -0.05) is 0 Å². The maximum Gasteiger partial charge on any atom is 0.490 e. The van der Waals surface area contributed by atoms with Crippen molar-refractivity contribution in [2.24, 2.45) is 0 Å². The molecule has 0 atom stereocenters. The predicted octanol–water partition coefficient (Wildman–Crippen LogP) is 0.706. The van der Waals surface area contributed by atoms with Crippen LogP contribution < -0.4 is 5.56 Å². The monoisotopic (exact) mass is 253 g/mol. The first-order valence-electron chi connectivity index (χ1n) is 3.87. The minimum Gasteiger partial charge on any atom is -0.477 e. The molecule has 0 aromatic carbocycles. The Kier molecular flexibility index (Phi) is 4.90. The van der Waals surface area contributed by atoms with E-state index in [-0.39, 0.29) is 5.56 Å². The highest BCUT2D eigenvalue weighted by Crippen LogP contribution is 2.13. The molecule has 0 amide bonds. The molecule has 9 heteroatoms. The number of carboxylic acid groups (broad SMARTS) is 2. The predicted molar refractivity (Wildman–Crippen MR) is 47.7 cm³/mol. The second-order valence-corrected chi connectivity index (χ2v) is 2.52. The van der Waals surface area contributed by atoms with Crippen molar-refractivity contribution < 1.29 is 33.0 Å². The molecule has 3 N–H and O–H groups in total. The third kappa shape index (κ3) is 5.35. The zero-order valence-electron chi connectivity index (χ0n) is 7.99. The van der Waals surface area contributed by atoms with E-state index in [0.717, 1.165) is 0 Å². The maximum absolute atomic E-state index is 10.6. The average molecular weight is 253 g/mol. The lowest BCUT2D eigenvalue weighted by atomic mass is 10.3. The van der Waals surface area contributed by atoms with E-state index in [0.29, 0.717) is 0 Å². The molecule has 0 spiro atoms.